The lowest BCUT2D eigenvalue weighted by atomic mass is 10.1. The van der Waals surface area contributed by atoms with Crippen molar-refractivity contribution in [3.05, 3.63) is 397 Å². The molecule has 0 saturated heterocycles. The van der Waals surface area contributed by atoms with E-state index in [1.807, 2.05) is 198 Å². The average molecular weight is 1810 g/mol. The van der Waals surface area contributed by atoms with E-state index in [2.05, 4.69) is 38.1 Å². The maximum atomic E-state index is 11.6. The summed E-state index contributed by atoms with van der Waals surface area (Å²) in [6.07, 6.45) is 0. The minimum absolute atomic E-state index is 0. The van der Waals surface area contributed by atoms with Gasteiger partial charge in [-0.3, -0.25) is 9.50 Å². The average Bonchev–Trinajstić information content (AvgIpc) is 1.01. The third-order valence-corrected chi connectivity index (χ3v) is 18.0. The van der Waals surface area contributed by atoms with Crippen molar-refractivity contribution in [2.75, 3.05) is 26.9 Å². The number of halogens is 2. The van der Waals surface area contributed by atoms with Crippen molar-refractivity contribution < 1.29 is 115 Å². The van der Waals surface area contributed by atoms with Crippen LogP contribution in [0.4, 0.5) is 4.70 Å². The Labute approximate surface area is 777 Å². The number of carbonyl (C=O) groups excluding carboxylic acids is 4. The number of rotatable bonds is 25. The van der Waals surface area contributed by atoms with Gasteiger partial charge in [-0.1, -0.05) is 209 Å². The lowest BCUT2D eigenvalue weighted by molar-refractivity contribution is 0.0516. The minimum Gasteiger partial charge on any atom is -0.508 e. The Bertz CT molecular complexity index is 5420. The quantitative estimate of drug-likeness (QED) is 0.00919. The van der Waals surface area contributed by atoms with Crippen molar-refractivity contribution in [1.29, 1.82) is 0 Å². The largest absolute Gasteiger partial charge is 0.508 e. The number of carboxylic acid groups (broad SMARTS) is 2. The molecule has 0 unspecified atom stereocenters. The van der Waals surface area contributed by atoms with Gasteiger partial charge in [0.2, 0.25) is 0 Å². The van der Waals surface area contributed by atoms with Crippen molar-refractivity contribution in [3.8, 4) is 63.2 Å². The van der Waals surface area contributed by atoms with Gasteiger partial charge in [-0.2, -0.15) is 0 Å². The number of aromatic hydroxyl groups is 5. The Morgan fingerprint density at radius 2 is 0.550 bits per heavy atom. The molecule has 7 N–H and O–H groups in total. The highest BCUT2D eigenvalue weighted by atomic mass is 35.5. The number of carboxylic acids is 2. The van der Waals surface area contributed by atoms with Gasteiger partial charge < -0.3 is 78.4 Å². The molecule has 695 valence electrons. The third kappa shape index (κ3) is 41.1. The first-order valence-electron chi connectivity index (χ1n) is 39.9. The summed E-state index contributed by atoms with van der Waals surface area (Å²) in [5.74, 6) is 0.118. The molecule has 0 heterocycles. The van der Waals surface area contributed by atoms with Crippen molar-refractivity contribution >= 4 is 55.1 Å². The first-order valence-corrected chi connectivity index (χ1v) is 40.3. The van der Waals surface area contributed by atoms with Gasteiger partial charge in [-0.05, 0) is 258 Å². The Morgan fingerprint density at radius 3 is 0.863 bits per heavy atom. The highest BCUT2D eigenvalue weighted by molar-refractivity contribution is 6.67. The molecule has 13 aromatic rings. The van der Waals surface area contributed by atoms with Crippen molar-refractivity contribution in [2.24, 2.45) is 0 Å². The maximum Gasteiger partial charge on any atom is 0.338 e. The monoisotopic (exact) mass is 1810 g/mol. The first kappa shape index (κ1) is 114. The molecule has 0 bridgehead atoms. The fraction of sp³-hybridized carbons (Fsp3) is 0.208. The smallest absolute Gasteiger partial charge is 0.338 e. The molecule has 0 aliphatic carbocycles. The molecule has 3 radical (unpaired) electrons. The zero-order chi connectivity index (χ0) is 91.9. The number of phenolic OH excluding ortho intramolecular Hbond substituents is 5. The molecule has 0 amide bonds. The number of carbonyl (C=O) groups is 6. The number of aromatic carboxylic acids is 2. The van der Waals surface area contributed by atoms with E-state index in [9.17, 15) is 33.9 Å². The summed E-state index contributed by atoms with van der Waals surface area (Å²) in [6.45, 7) is 22.4. The van der Waals surface area contributed by atoms with E-state index in [0.717, 1.165) is 67.8 Å². The van der Waals surface area contributed by atoms with E-state index >= 15 is 0 Å². The van der Waals surface area contributed by atoms with E-state index in [1.165, 1.54) is 65.8 Å². The lowest BCUT2D eigenvalue weighted by Crippen LogP contribution is -2.05. The second kappa shape index (κ2) is 61.4. The number of aryl methyl sites for hydroxylation is 7. The summed E-state index contributed by atoms with van der Waals surface area (Å²) in [5, 5.41) is 63.0. The zero-order valence-corrected chi connectivity index (χ0v) is 73.8. The molecule has 0 aromatic heterocycles. The van der Waals surface area contributed by atoms with E-state index < -0.39 is 29.1 Å². The maximum absolute atomic E-state index is 11.6. The molecular formula is C106H122BClFO22. The molecule has 0 aliphatic heterocycles. The number of ether oxygens (including phenoxy) is 9. The van der Waals surface area contributed by atoms with Gasteiger partial charge in [0, 0.05) is 16.8 Å². The van der Waals surface area contributed by atoms with Gasteiger partial charge in [0.25, 0.3) is 5.24 Å². The second-order valence-electron chi connectivity index (χ2n) is 27.7. The highest BCUT2D eigenvalue weighted by Crippen LogP contribution is 2.31. The molecular weight excluding hydrogens is 1690 g/mol. The fourth-order valence-electron chi connectivity index (χ4n) is 11.1. The van der Waals surface area contributed by atoms with Crippen LogP contribution < -0.4 is 28.4 Å². The van der Waals surface area contributed by atoms with E-state index in [1.54, 1.807) is 87.5 Å². The normalized spacial score (nSPS) is 9.56. The van der Waals surface area contributed by atoms with Crippen LogP contribution in [0.2, 0.25) is 0 Å². The molecule has 13 aromatic carbocycles. The third-order valence-electron chi connectivity index (χ3n) is 17.8. The second-order valence-corrected chi connectivity index (χ2v) is 28.0. The molecule has 22 nitrogen and oxygen atoms in total. The van der Waals surface area contributed by atoms with Crippen LogP contribution in [0.25, 0.3) is 0 Å². The van der Waals surface area contributed by atoms with Crippen LogP contribution in [-0.4, -0.2) is 106 Å². The number of hydrogen-bond acceptors (Lipinski definition) is 20. The predicted octanol–water partition coefficient (Wildman–Crippen LogP) is 24.6. The Morgan fingerprint density at radius 1 is 0.290 bits per heavy atom. The molecule has 25 heteroatoms. The molecule has 0 aliphatic rings. The number of hydrogen-bond donors (Lipinski definition) is 7. The minimum atomic E-state index is -1.05. The Hall–Kier alpha value is -15.0. The van der Waals surface area contributed by atoms with Crippen molar-refractivity contribution in [2.45, 2.75) is 125 Å². The van der Waals surface area contributed by atoms with Crippen LogP contribution in [0, 0.1) is 48.5 Å². The van der Waals surface area contributed by atoms with Gasteiger partial charge in [0.15, 0.2) is 34.5 Å². The zero-order valence-electron chi connectivity index (χ0n) is 73.1. The van der Waals surface area contributed by atoms with Crippen molar-refractivity contribution in [1.82, 2.24) is 0 Å². The van der Waals surface area contributed by atoms with E-state index in [4.69, 9.17) is 84.9 Å². The number of benzene rings is 13. The lowest BCUT2D eigenvalue weighted by Gasteiger charge is -2.10. The van der Waals surface area contributed by atoms with Gasteiger partial charge in [-0.25, -0.2) is 24.0 Å². The van der Waals surface area contributed by atoms with Crippen LogP contribution in [0.1, 0.15) is 175 Å². The van der Waals surface area contributed by atoms with E-state index in [0.29, 0.717) is 80.2 Å². The Kier molecular flexibility index (Phi) is 53.4. The van der Waals surface area contributed by atoms with Gasteiger partial charge in [-0.15, -0.1) is 0 Å². The molecule has 0 saturated carbocycles. The first-order chi connectivity index (χ1) is 60.5. The van der Waals surface area contributed by atoms with Crippen LogP contribution in [0.3, 0.4) is 0 Å². The van der Waals surface area contributed by atoms with Crippen molar-refractivity contribution in [3.63, 3.8) is 0 Å². The van der Waals surface area contributed by atoms with E-state index in [-0.39, 0.29) is 96.3 Å². The van der Waals surface area contributed by atoms with Crippen LogP contribution in [0.5, 0.6) is 63.2 Å². The summed E-state index contributed by atoms with van der Waals surface area (Å²) in [6, 6.07) is 88.9. The van der Waals surface area contributed by atoms with Gasteiger partial charge in [0.05, 0.1) is 54.7 Å². The summed E-state index contributed by atoms with van der Waals surface area (Å²) in [5.41, 5.74) is 14.7. The number of esters is 3. The van der Waals surface area contributed by atoms with Crippen LogP contribution in [-0.2, 0) is 47.2 Å². The summed E-state index contributed by atoms with van der Waals surface area (Å²) in [4.78, 5) is 66.5. The molecule has 131 heavy (non-hydrogen) atoms. The van der Waals surface area contributed by atoms with Gasteiger partial charge >= 0.3 is 29.8 Å². The predicted molar refractivity (Wildman–Crippen MR) is 518 cm³/mol. The number of methoxy groups -OCH3 is 1. The SMILES string of the molecule is C.C.C.CCOC(=O)c1ccc(O)c(O)c1.CCOC(=O)c1ccc(OCc2ccccc2)c(C)c1.CCOC(=O)c1ccc(OCc2ccccc2)c(O)c1.COc1cc(C(=O)O)ccc1O.Cc1cc(C(=O)Cl)ccc1OCc1ccccc1.Cc1cc(C(=O)O)ccc1OCc1ccccc1.Cc1ccc(O)c(C)c1.Cc1ccc(OCc2ccccc2)c(C)c1.F.[2HH].[B].[HH]. The number of phenols is 5. The molecule has 0 fully saturated rings. The summed E-state index contributed by atoms with van der Waals surface area (Å²) in [7, 11) is 1.36. The summed E-state index contributed by atoms with van der Waals surface area (Å²) >= 11 is 5.42. The fourth-order valence-corrected chi connectivity index (χ4v) is 11.2. The molecule has 0 spiro atoms. The molecule has 0 atom stereocenters. The standard InChI is InChI=1S/C17H18O3.C16H16O4.C15H13ClO2.C15H14O3.C15H16O.C9H10O4.C8H8O4.C8H10O.3CH4.B.FH.2H2/c1-3-19-17(18)15-9-10-16(13(2)11-15)20-12-14-7-5-4-6-8-14;1-2-19-16(18)13-8-9-15(14(17)10-13)20-11-12-6-4-3-5-7-12;2*1-11-9-13(15(16)17)7-8-14(11)18-10-12-5-3-2-4-6-12;1-12-8-9-15(13(2)10-12)16-11-14-6-4-3-5-7-14;1-2-13-9(12)6-3-4-7(10)8(11)5-6;1-12-7-4-5(8(10)11)2-3-6(7)9;1-6-3-4-8(9)7(2)5-6;;;;;;;/h4-11H,3,12H2,1-2H3;3-10,17H,2,11H2,1H3;2-9H,10H2,1H3;2-9H,10H2,1H3,(H,16,17);3-10H,11H2,1-2H3;3-5,10-11H,2H2,1H3;2-4,9H,1H3,(H,10,11);3-5,9H,1-2H3;3*1H4;;3*1H/i;;;;;;;;;;;;;1+1;. The van der Waals surface area contributed by atoms with Crippen LogP contribution >= 0.6 is 11.6 Å². The topological polar surface area (TPSA) is 327 Å². The Balaban J connectivity index is 0. The summed E-state index contributed by atoms with van der Waals surface area (Å²) < 4.78 is 47.7. The van der Waals surface area contributed by atoms with Gasteiger partial charge in [0.1, 0.15) is 61.8 Å². The molecule has 13 rings (SSSR count). The highest BCUT2D eigenvalue weighted by Gasteiger charge is 2.15. The van der Waals surface area contributed by atoms with Crippen LogP contribution in [0.15, 0.2) is 297 Å².